The van der Waals surface area contributed by atoms with E-state index in [-0.39, 0.29) is 29.9 Å². The van der Waals surface area contributed by atoms with Gasteiger partial charge in [0.15, 0.2) is 0 Å². The van der Waals surface area contributed by atoms with Crippen molar-refractivity contribution >= 4 is 28.2 Å². The molecule has 0 unspecified atom stereocenters. The molecule has 23 heavy (non-hydrogen) atoms. The summed E-state index contributed by atoms with van der Waals surface area (Å²) in [6, 6.07) is 5.83. The highest BCUT2D eigenvalue weighted by molar-refractivity contribution is 7.90. The molecule has 1 N–H and O–H groups in total. The van der Waals surface area contributed by atoms with Gasteiger partial charge in [0, 0.05) is 31.2 Å². The number of nitrogens with one attached hydrogen (secondary N) is 1. The molecule has 2 rings (SSSR count). The molecule has 1 aliphatic heterocycles. The first-order chi connectivity index (χ1) is 10.3. The monoisotopic (exact) mass is 368 g/mol. The molecule has 9 heteroatoms. The molecule has 1 fully saturated rings. The second-order valence-corrected chi connectivity index (χ2v) is 7.29. The Morgan fingerprint density at radius 3 is 2.48 bits per heavy atom. The minimum atomic E-state index is -4.45. The zero-order valence-electron chi connectivity index (χ0n) is 12.5. The third kappa shape index (κ3) is 4.86. The zero-order chi connectivity index (χ0) is 16.3. The molecule has 1 aliphatic rings. The van der Waals surface area contributed by atoms with Crippen molar-refractivity contribution < 1.29 is 22.0 Å². The smallest absolute Gasteiger partial charge is 0.333 e. The van der Waals surface area contributed by atoms with Gasteiger partial charge in [-0.05, 0) is 24.6 Å². The van der Waals surface area contributed by atoms with E-state index in [0.717, 1.165) is 13.1 Å². The van der Waals surface area contributed by atoms with E-state index in [9.17, 15) is 22.0 Å². The van der Waals surface area contributed by atoms with Gasteiger partial charge in [-0.2, -0.15) is 8.78 Å². The van der Waals surface area contributed by atoms with Gasteiger partial charge in [0.25, 0.3) is 5.91 Å². The van der Waals surface area contributed by atoms with E-state index in [1.54, 1.807) is 4.90 Å². The lowest BCUT2D eigenvalue weighted by Crippen LogP contribution is -2.52. The molecule has 1 amide bonds. The second-order valence-electron chi connectivity index (χ2n) is 5.32. The number of carbonyl (C=O) groups excluding carboxylic acids is 1. The summed E-state index contributed by atoms with van der Waals surface area (Å²) in [6.45, 7) is 3.98. The van der Waals surface area contributed by atoms with Crippen LogP contribution in [0.15, 0.2) is 24.3 Å². The highest BCUT2D eigenvalue weighted by Gasteiger charge is 2.26. The van der Waals surface area contributed by atoms with Crippen LogP contribution < -0.4 is 5.32 Å². The van der Waals surface area contributed by atoms with Crippen LogP contribution in [0.1, 0.15) is 22.8 Å². The minimum absolute atomic E-state index is 0. The fourth-order valence-electron chi connectivity index (χ4n) is 2.35. The Bertz CT molecular complexity index is 638. The van der Waals surface area contributed by atoms with Gasteiger partial charge in [-0.3, -0.25) is 4.79 Å². The summed E-state index contributed by atoms with van der Waals surface area (Å²) in [5.41, 5.74) is 0.664. The lowest BCUT2D eigenvalue weighted by molar-refractivity contribution is 0.0655. The molecule has 130 valence electrons. The maximum Gasteiger partial charge on any atom is 0.337 e. The Kier molecular flexibility index (Phi) is 6.91. The van der Waals surface area contributed by atoms with Crippen molar-refractivity contribution in [1.82, 2.24) is 10.2 Å². The van der Waals surface area contributed by atoms with Crippen LogP contribution in [0.3, 0.4) is 0 Å². The molecule has 1 heterocycles. The molecule has 0 bridgehead atoms. The average molecular weight is 369 g/mol. The van der Waals surface area contributed by atoms with E-state index < -0.39 is 21.3 Å². The van der Waals surface area contributed by atoms with Gasteiger partial charge in [0.05, 0.1) is 5.75 Å². The van der Waals surface area contributed by atoms with E-state index in [1.807, 2.05) is 6.92 Å². The molecule has 5 nitrogen and oxygen atoms in total. The summed E-state index contributed by atoms with van der Waals surface area (Å²) >= 11 is 0. The van der Waals surface area contributed by atoms with Crippen LogP contribution >= 0.6 is 12.4 Å². The normalized spacial score (nSPS) is 18.6. The summed E-state index contributed by atoms with van der Waals surface area (Å²) in [7, 11) is -4.45. The van der Waals surface area contributed by atoms with Gasteiger partial charge < -0.3 is 10.2 Å². The van der Waals surface area contributed by atoms with Crippen LogP contribution in [0.4, 0.5) is 8.78 Å². The van der Waals surface area contributed by atoms with Crippen LogP contribution in [0, 0.1) is 0 Å². The van der Waals surface area contributed by atoms with Crippen molar-refractivity contribution in [3.63, 3.8) is 0 Å². The molecule has 0 spiro atoms. The molecule has 1 saturated heterocycles. The highest BCUT2D eigenvalue weighted by atomic mass is 35.5. The number of amides is 1. The number of nitrogens with zero attached hydrogens (tertiary/aromatic N) is 1. The number of sulfone groups is 1. The first-order valence-corrected chi connectivity index (χ1v) is 8.63. The number of hydrogen-bond donors (Lipinski definition) is 1. The number of hydrogen-bond acceptors (Lipinski definition) is 4. The fraction of sp³-hybridized carbons (Fsp3) is 0.500. The molecule has 1 atom stereocenters. The van der Waals surface area contributed by atoms with Crippen LogP contribution in [-0.2, 0) is 15.6 Å². The molecule has 1 aromatic carbocycles. The van der Waals surface area contributed by atoms with E-state index >= 15 is 0 Å². The molecular formula is C14H19ClF2N2O3S. The molecule has 1 aromatic rings. The Balaban J connectivity index is 0.00000264. The third-order valence-electron chi connectivity index (χ3n) is 3.60. The average Bonchev–Trinajstić information content (AvgIpc) is 2.47. The highest BCUT2D eigenvalue weighted by Crippen LogP contribution is 2.16. The molecule has 0 aromatic heterocycles. The SMILES string of the molecule is C[C@H]1CNCCN1C(=O)c1ccc(CS(=O)(=O)C(F)F)cc1.Cl. The Hall–Kier alpha value is -1.25. The Labute approximate surface area is 140 Å². The number of piperazine rings is 1. The van der Waals surface area contributed by atoms with E-state index in [0.29, 0.717) is 12.1 Å². The lowest BCUT2D eigenvalue weighted by Gasteiger charge is -2.34. The van der Waals surface area contributed by atoms with Gasteiger partial charge in [-0.25, -0.2) is 8.42 Å². The molecule has 0 saturated carbocycles. The standard InChI is InChI=1S/C14H18F2N2O3S.ClH/c1-10-8-17-6-7-18(10)13(19)12-4-2-11(3-5-12)9-22(20,21)14(15)16;/h2-5,10,14,17H,6-9H2,1H3;1H/t10-;/m0./s1. The van der Waals surface area contributed by atoms with Crippen molar-refractivity contribution in [3.05, 3.63) is 35.4 Å². The number of halogens is 3. The summed E-state index contributed by atoms with van der Waals surface area (Å²) in [6.07, 6.45) is 0. The lowest BCUT2D eigenvalue weighted by atomic mass is 10.1. The van der Waals surface area contributed by atoms with Gasteiger partial charge in [-0.1, -0.05) is 12.1 Å². The summed E-state index contributed by atoms with van der Waals surface area (Å²) in [5, 5.41) is 3.18. The largest absolute Gasteiger partial charge is 0.337 e. The summed E-state index contributed by atoms with van der Waals surface area (Å²) in [4.78, 5) is 14.1. The number of rotatable bonds is 4. The van der Waals surface area contributed by atoms with Gasteiger partial charge in [-0.15, -0.1) is 12.4 Å². The van der Waals surface area contributed by atoms with Crippen molar-refractivity contribution in [3.8, 4) is 0 Å². The van der Waals surface area contributed by atoms with Gasteiger partial charge >= 0.3 is 5.76 Å². The first-order valence-electron chi connectivity index (χ1n) is 6.91. The van der Waals surface area contributed by atoms with Crippen LogP contribution in [-0.4, -0.2) is 50.7 Å². The van der Waals surface area contributed by atoms with Crippen molar-refractivity contribution in [1.29, 1.82) is 0 Å². The Morgan fingerprint density at radius 2 is 1.96 bits per heavy atom. The van der Waals surface area contributed by atoms with Crippen molar-refractivity contribution in [2.24, 2.45) is 0 Å². The van der Waals surface area contributed by atoms with E-state index in [4.69, 9.17) is 0 Å². The second kappa shape index (κ2) is 8.03. The maximum atomic E-state index is 12.4. The van der Waals surface area contributed by atoms with E-state index in [1.165, 1.54) is 24.3 Å². The Morgan fingerprint density at radius 1 is 1.35 bits per heavy atom. The molecule has 0 radical (unpaired) electrons. The van der Waals surface area contributed by atoms with Gasteiger partial charge in [0.2, 0.25) is 9.84 Å². The third-order valence-corrected chi connectivity index (χ3v) is 4.88. The zero-order valence-corrected chi connectivity index (χ0v) is 14.2. The van der Waals surface area contributed by atoms with Crippen molar-refractivity contribution in [2.45, 2.75) is 24.5 Å². The predicted molar refractivity (Wildman–Crippen MR) is 85.7 cm³/mol. The molecule has 0 aliphatic carbocycles. The minimum Gasteiger partial charge on any atom is -0.333 e. The van der Waals surface area contributed by atoms with Crippen LogP contribution in [0.2, 0.25) is 0 Å². The van der Waals surface area contributed by atoms with Crippen LogP contribution in [0.25, 0.3) is 0 Å². The van der Waals surface area contributed by atoms with Crippen molar-refractivity contribution in [2.75, 3.05) is 19.6 Å². The maximum absolute atomic E-state index is 12.4. The quantitative estimate of drug-likeness (QED) is 0.878. The predicted octanol–water partition coefficient (Wildman–Crippen LogP) is 1.68. The number of alkyl halides is 2. The topological polar surface area (TPSA) is 66.5 Å². The number of carbonyl (C=O) groups is 1. The number of benzene rings is 1. The van der Waals surface area contributed by atoms with Gasteiger partial charge in [0.1, 0.15) is 0 Å². The first kappa shape index (κ1) is 19.8. The van der Waals surface area contributed by atoms with E-state index in [2.05, 4.69) is 5.32 Å². The fourth-order valence-corrected chi connectivity index (χ4v) is 3.13. The van der Waals surface area contributed by atoms with Crippen LogP contribution in [0.5, 0.6) is 0 Å². The summed E-state index contributed by atoms with van der Waals surface area (Å²) < 4.78 is 47.0. The molecular weight excluding hydrogens is 350 g/mol. The summed E-state index contributed by atoms with van der Waals surface area (Å²) in [5.74, 6) is -4.27.